The zero-order chi connectivity index (χ0) is 14.4. The van der Waals surface area contributed by atoms with Crippen LogP contribution in [0.5, 0.6) is 5.75 Å². The largest absolute Gasteiger partial charge is 0.508 e. The first kappa shape index (κ1) is 15.2. The van der Waals surface area contributed by atoms with Crippen LogP contribution in [0.4, 0.5) is 0 Å². The van der Waals surface area contributed by atoms with Crippen molar-refractivity contribution in [1.82, 2.24) is 9.80 Å². The highest BCUT2D eigenvalue weighted by Gasteiger charge is 2.21. The van der Waals surface area contributed by atoms with Crippen LogP contribution in [0.2, 0.25) is 0 Å². The molecule has 0 aliphatic carbocycles. The van der Waals surface area contributed by atoms with E-state index >= 15 is 0 Å². The lowest BCUT2D eigenvalue weighted by atomic mass is 10.1. The Balaban J connectivity index is 1.83. The maximum Gasteiger partial charge on any atom is 0.254 e. The first-order valence-corrected chi connectivity index (χ1v) is 8.24. The molecule has 0 atom stereocenters. The number of phenols is 1. The summed E-state index contributed by atoms with van der Waals surface area (Å²) in [5.74, 6) is 2.49. The minimum atomic E-state index is 0.0171. The Morgan fingerprint density at radius 1 is 1.30 bits per heavy atom. The number of carbonyl (C=O) groups excluding carboxylic acids is 1. The highest BCUT2D eigenvalue weighted by atomic mass is 32.2. The Labute approximate surface area is 124 Å². The van der Waals surface area contributed by atoms with E-state index in [4.69, 9.17) is 0 Å². The van der Waals surface area contributed by atoms with E-state index in [1.807, 2.05) is 16.7 Å². The van der Waals surface area contributed by atoms with Crippen LogP contribution < -0.4 is 0 Å². The molecule has 0 saturated carbocycles. The molecule has 1 heterocycles. The number of hydrogen-bond acceptors (Lipinski definition) is 4. The summed E-state index contributed by atoms with van der Waals surface area (Å²) in [6.07, 6.45) is 0. The molecule has 110 valence electrons. The molecule has 1 saturated heterocycles. The van der Waals surface area contributed by atoms with Gasteiger partial charge < -0.3 is 10.0 Å². The molecule has 0 aromatic heterocycles. The Kier molecular flexibility index (Phi) is 5.73. The summed E-state index contributed by atoms with van der Waals surface area (Å²) in [5.41, 5.74) is 0.569. The summed E-state index contributed by atoms with van der Waals surface area (Å²) >= 11 is 1.96. The number of nitrogens with zero attached hydrogens (tertiary/aromatic N) is 2. The van der Waals surface area contributed by atoms with Gasteiger partial charge in [-0.2, -0.15) is 11.8 Å². The molecule has 0 radical (unpaired) electrons. The number of carbonyl (C=O) groups is 1. The molecule has 1 aliphatic rings. The third-order valence-corrected chi connectivity index (χ3v) is 4.39. The first-order valence-electron chi connectivity index (χ1n) is 7.09. The predicted molar refractivity (Wildman–Crippen MR) is 83.4 cm³/mol. The van der Waals surface area contributed by atoms with Gasteiger partial charge in [0.2, 0.25) is 0 Å². The van der Waals surface area contributed by atoms with E-state index in [-0.39, 0.29) is 11.7 Å². The van der Waals surface area contributed by atoms with Gasteiger partial charge in [0, 0.05) is 44.0 Å². The van der Waals surface area contributed by atoms with Crippen LogP contribution in [-0.4, -0.2) is 65.0 Å². The van der Waals surface area contributed by atoms with Crippen molar-refractivity contribution in [3.05, 3.63) is 29.8 Å². The SMILES string of the molecule is CCSCCN1CCN(C(=O)c2cccc(O)c2)CC1. The number of thioether (sulfide) groups is 1. The van der Waals surface area contributed by atoms with E-state index in [0.29, 0.717) is 5.56 Å². The fourth-order valence-corrected chi connectivity index (χ4v) is 3.01. The minimum Gasteiger partial charge on any atom is -0.508 e. The van der Waals surface area contributed by atoms with Crippen molar-refractivity contribution in [3.8, 4) is 5.75 Å². The van der Waals surface area contributed by atoms with Crippen molar-refractivity contribution in [1.29, 1.82) is 0 Å². The zero-order valence-corrected chi connectivity index (χ0v) is 12.7. The van der Waals surface area contributed by atoms with Crippen LogP contribution in [0.1, 0.15) is 17.3 Å². The maximum atomic E-state index is 12.3. The fraction of sp³-hybridized carbons (Fsp3) is 0.533. The number of phenolic OH excluding ortho intramolecular Hbond substituents is 1. The maximum absolute atomic E-state index is 12.3. The third kappa shape index (κ3) is 4.15. The summed E-state index contributed by atoms with van der Waals surface area (Å²) < 4.78 is 0. The molecule has 0 bridgehead atoms. The molecule has 1 aromatic carbocycles. The van der Waals surface area contributed by atoms with Crippen molar-refractivity contribution in [2.45, 2.75) is 6.92 Å². The molecule has 2 rings (SSSR count). The number of piperazine rings is 1. The van der Waals surface area contributed by atoms with E-state index in [2.05, 4.69) is 11.8 Å². The number of aromatic hydroxyl groups is 1. The molecule has 0 spiro atoms. The molecule has 0 unspecified atom stereocenters. The smallest absolute Gasteiger partial charge is 0.254 e. The fourth-order valence-electron chi connectivity index (χ4n) is 2.33. The highest BCUT2D eigenvalue weighted by Crippen LogP contribution is 2.14. The van der Waals surface area contributed by atoms with Gasteiger partial charge in [-0.15, -0.1) is 0 Å². The van der Waals surface area contributed by atoms with E-state index < -0.39 is 0 Å². The first-order chi connectivity index (χ1) is 9.70. The minimum absolute atomic E-state index is 0.0171. The van der Waals surface area contributed by atoms with Gasteiger partial charge in [0.15, 0.2) is 0 Å². The van der Waals surface area contributed by atoms with Crippen LogP contribution in [0.3, 0.4) is 0 Å². The van der Waals surface area contributed by atoms with Gasteiger partial charge in [-0.05, 0) is 24.0 Å². The lowest BCUT2D eigenvalue weighted by Gasteiger charge is -2.34. The van der Waals surface area contributed by atoms with Crippen LogP contribution >= 0.6 is 11.8 Å². The van der Waals surface area contributed by atoms with Crippen LogP contribution in [0.25, 0.3) is 0 Å². The van der Waals surface area contributed by atoms with Crippen LogP contribution in [0.15, 0.2) is 24.3 Å². The molecule has 1 amide bonds. The average Bonchev–Trinajstić information content (AvgIpc) is 2.47. The normalized spacial score (nSPS) is 16.4. The molecule has 5 heteroatoms. The second-order valence-corrected chi connectivity index (χ2v) is 6.27. The van der Waals surface area contributed by atoms with Crippen molar-refractivity contribution >= 4 is 17.7 Å². The Morgan fingerprint density at radius 2 is 2.05 bits per heavy atom. The number of rotatable bonds is 5. The lowest BCUT2D eigenvalue weighted by molar-refractivity contribution is 0.0644. The quantitative estimate of drug-likeness (QED) is 0.843. The van der Waals surface area contributed by atoms with Gasteiger partial charge in [0.1, 0.15) is 5.75 Å². The summed E-state index contributed by atoms with van der Waals surface area (Å²) in [6, 6.07) is 6.58. The van der Waals surface area contributed by atoms with E-state index in [9.17, 15) is 9.90 Å². The molecule has 4 nitrogen and oxygen atoms in total. The van der Waals surface area contributed by atoms with E-state index in [1.54, 1.807) is 18.2 Å². The van der Waals surface area contributed by atoms with E-state index in [1.165, 1.54) is 6.07 Å². The topological polar surface area (TPSA) is 43.8 Å². The standard InChI is InChI=1S/C15H22N2O2S/c1-2-20-11-10-16-6-8-17(9-7-16)15(19)13-4-3-5-14(18)12-13/h3-5,12,18H,2,6-11H2,1H3. The second kappa shape index (κ2) is 7.55. The molecule has 20 heavy (non-hydrogen) atoms. The Hall–Kier alpha value is -1.20. The summed E-state index contributed by atoms with van der Waals surface area (Å²) in [4.78, 5) is 16.6. The number of hydrogen-bond donors (Lipinski definition) is 1. The highest BCUT2D eigenvalue weighted by molar-refractivity contribution is 7.99. The lowest BCUT2D eigenvalue weighted by Crippen LogP contribution is -2.49. The van der Waals surface area contributed by atoms with Crippen LogP contribution in [-0.2, 0) is 0 Å². The Morgan fingerprint density at radius 3 is 2.70 bits per heavy atom. The molecule has 1 fully saturated rings. The van der Waals surface area contributed by atoms with Gasteiger partial charge in [-0.3, -0.25) is 9.69 Å². The zero-order valence-electron chi connectivity index (χ0n) is 11.9. The van der Waals surface area contributed by atoms with Gasteiger partial charge in [0.25, 0.3) is 5.91 Å². The van der Waals surface area contributed by atoms with Crippen LogP contribution in [0, 0.1) is 0 Å². The van der Waals surface area contributed by atoms with Crippen molar-refractivity contribution in [3.63, 3.8) is 0 Å². The second-order valence-electron chi connectivity index (χ2n) is 4.88. The molecule has 1 N–H and O–H groups in total. The van der Waals surface area contributed by atoms with Gasteiger partial charge in [-0.1, -0.05) is 13.0 Å². The number of amides is 1. The molecule has 1 aromatic rings. The molecular weight excluding hydrogens is 272 g/mol. The third-order valence-electron chi connectivity index (χ3n) is 3.51. The van der Waals surface area contributed by atoms with Crippen molar-refractivity contribution in [2.24, 2.45) is 0 Å². The summed E-state index contributed by atoms with van der Waals surface area (Å²) in [5, 5.41) is 9.44. The summed E-state index contributed by atoms with van der Waals surface area (Å²) in [7, 11) is 0. The predicted octanol–water partition coefficient (Wildman–Crippen LogP) is 1.90. The summed E-state index contributed by atoms with van der Waals surface area (Å²) in [6.45, 7) is 6.70. The van der Waals surface area contributed by atoms with E-state index in [0.717, 1.165) is 44.2 Å². The van der Waals surface area contributed by atoms with Gasteiger partial charge >= 0.3 is 0 Å². The Bertz CT molecular complexity index is 445. The van der Waals surface area contributed by atoms with Crippen molar-refractivity contribution < 1.29 is 9.90 Å². The monoisotopic (exact) mass is 294 g/mol. The molecular formula is C15H22N2O2S. The van der Waals surface area contributed by atoms with Gasteiger partial charge in [-0.25, -0.2) is 0 Å². The van der Waals surface area contributed by atoms with Gasteiger partial charge in [0.05, 0.1) is 0 Å². The number of benzene rings is 1. The molecule has 1 aliphatic heterocycles. The van der Waals surface area contributed by atoms with Crippen molar-refractivity contribution in [2.75, 3.05) is 44.2 Å². The average molecular weight is 294 g/mol.